The number of ether oxygens (including phenoxy) is 1. The smallest absolute Gasteiger partial charge is 0.220 e. The molecule has 0 atom stereocenters. The van der Waals surface area contributed by atoms with E-state index in [4.69, 9.17) is 4.74 Å². The molecule has 0 spiro atoms. The van der Waals surface area contributed by atoms with Gasteiger partial charge in [0.25, 0.3) is 0 Å². The molecule has 0 unspecified atom stereocenters. The molecule has 1 aromatic rings. The van der Waals surface area contributed by atoms with Gasteiger partial charge in [0.15, 0.2) is 0 Å². The Labute approximate surface area is 121 Å². The quantitative estimate of drug-likeness (QED) is 0.779. The molecule has 2 rings (SSSR count). The second kappa shape index (κ2) is 7.48. The molecule has 0 bridgehead atoms. The number of hydrogen-bond donors (Lipinski definition) is 1. The number of rotatable bonds is 7. The highest BCUT2D eigenvalue weighted by atomic mass is 16.5. The average molecular weight is 278 g/mol. The lowest BCUT2D eigenvalue weighted by Crippen LogP contribution is -2.37. The van der Waals surface area contributed by atoms with Crippen LogP contribution in [0.1, 0.15) is 38.5 Å². The van der Waals surface area contributed by atoms with Crippen molar-refractivity contribution in [2.75, 3.05) is 20.3 Å². The predicted molar refractivity (Wildman–Crippen MR) is 79.5 cm³/mol. The lowest BCUT2D eigenvalue weighted by Gasteiger charge is -2.37. The van der Waals surface area contributed by atoms with Crippen LogP contribution in [0.15, 0.2) is 24.5 Å². The molecule has 0 aliphatic heterocycles. The van der Waals surface area contributed by atoms with Crippen LogP contribution in [0.3, 0.4) is 0 Å². The van der Waals surface area contributed by atoms with E-state index in [0.717, 1.165) is 19.4 Å². The molecule has 1 heterocycles. The van der Waals surface area contributed by atoms with E-state index >= 15 is 0 Å². The largest absolute Gasteiger partial charge is 0.383 e. The van der Waals surface area contributed by atoms with Crippen molar-refractivity contribution in [2.45, 2.75) is 45.1 Å². The number of methoxy groups -OCH3 is 1. The van der Waals surface area contributed by atoms with Gasteiger partial charge in [0.1, 0.15) is 0 Å². The van der Waals surface area contributed by atoms with Crippen LogP contribution < -0.4 is 5.32 Å². The second-order valence-electron chi connectivity index (χ2n) is 5.94. The van der Waals surface area contributed by atoms with Crippen molar-refractivity contribution in [3.8, 4) is 0 Å². The van der Waals surface area contributed by atoms with Crippen molar-refractivity contribution in [1.29, 1.82) is 0 Å². The van der Waals surface area contributed by atoms with Crippen LogP contribution in [0.5, 0.6) is 0 Å². The van der Waals surface area contributed by atoms with E-state index in [1.54, 1.807) is 7.11 Å². The summed E-state index contributed by atoms with van der Waals surface area (Å²) < 4.78 is 7.19. The second-order valence-corrected chi connectivity index (χ2v) is 5.94. The lowest BCUT2D eigenvalue weighted by atomic mass is 9.71. The van der Waals surface area contributed by atoms with Gasteiger partial charge >= 0.3 is 0 Å². The number of amides is 1. The zero-order chi connectivity index (χ0) is 14.3. The summed E-state index contributed by atoms with van der Waals surface area (Å²) in [6.45, 7) is 2.14. The molecule has 1 N–H and O–H groups in total. The molecule has 1 aromatic heterocycles. The summed E-state index contributed by atoms with van der Waals surface area (Å²) in [6, 6.07) is 4.10. The molecule has 1 fully saturated rings. The minimum Gasteiger partial charge on any atom is -0.383 e. The van der Waals surface area contributed by atoms with Crippen LogP contribution in [0.25, 0.3) is 0 Å². The van der Waals surface area contributed by atoms with E-state index in [1.807, 2.05) is 0 Å². The first kappa shape index (κ1) is 15.1. The number of carbonyl (C=O) groups is 1. The molecule has 4 heteroatoms. The van der Waals surface area contributed by atoms with E-state index in [0.29, 0.717) is 19.6 Å². The Hall–Kier alpha value is -1.29. The van der Waals surface area contributed by atoms with E-state index in [9.17, 15) is 4.79 Å². The third-order valence-electron chi connectivity index (χ3n) is 4.26. The zero-order valence-corrected chi connectivity index (χ0v) is 12.4. The number of hydrogen-bond acceptors (Lipinski definition) is 2. The van der Waals surface area contributed by atoms with E-state index < -0.39 is 0 Å². The number of nitrogens with one attached hydrogen (secondary N) is 1. The Kier molecular flexibility index (Phi) is 5.65. The van der Waals surface area contributed by atoms with Crippen LogP contribution in [0, 0.1) is 5.41 Å². The summed E-state index contributed by atoms with van der Waals surface area (Å²) in [5, 5.41) is 2.96. The fraction of sp³-hybridized carbons (Fsp3) is 0.688. The molecule has 0 radical (unpaired) electrons. The van der Waals surface area contributed by atoms with Gasteiger partial charge in [-0.05, 0) is 30.4 Å². The van der Waals surface area contributed by atoms with E-state index in [1.165, 1.54) is 19.3 Å². The highest BCUT2D eigenvalue weighted by Gasteiger charge is 2.34. The van der Waals surface area contributed by atoms with Gasteiger partial charge in [-0.3, -0.25) is 4.79 Å². The maximum Gasteiger partial charge on any atom is 0.220 e. The topological polar surface area (TPSA) is 43.3 Å². The molecule has 20 heavy (non-hydrogen) atoms. The molecule has 1 saturated carbocycles. The highest BCUT2D eigenvalue weighted by molar-refractivity contribution is 5.76. The molecule has 0 aromatic carbocycles. The number of aromatic nitrogens is 1. The van der Waals surface area contributed by atoms with E-state index in [2.05, 4.69) is 34.4 Å². The maximum absolute atomic E-state index is 12.1. The molecule has 4 nitrogen and oxygen atoms in total. The normalized spacial score (nSPS) is 17.9. The third kappa shape index (κ3) is 4.37. The fourth-order valence-electron chi connectivity index (χ4n) is 3.25. The summed E-state index contributed by atoms with van der Waals surface area (Å²) in [4.78, 5) is 12.1. The highest BCUT2D eigenvalue weighted by Crippen LogP contribution is 2.40. The summed E-state index contributed by atoms with van der Waals surface area (Å²) in [6.07, 6.45) is 10.9. The van der Waals surface area contributed by atoms with Crippen molar-refractivity contribution in [2.24, 2.45) is 5.41 Å². The summed E-state index contributed by atoms with van der Waals surface area (Å²) in [7, 11) is 1.65. The Balaban J connectivity index is 1.94. The zero-order valence-electron chi connectivity index (χ0n) is 12.4. The summed E-state index contributed by atoms with van der Waals surface area (Å²) in [5.74, 6) is 0.163. The van der Waals surface area contributed by atoms with Crippen molar-refractivity contribution in [1.82, 2.24) is 9.88 Å². The van der Waals surface area contributed by atoms with Crippen molar-refractivity contribution < 1.29 is 9.53 Å². The van der Waals surface area contributed by atoms with Gasteiger partial charge in [0.2, 0.25) is 5.91 Å². The minimum atomic E-state index is 0.133. The number of nitrogens with zero attached hydrogens (tertiary/aromatic N) is 1. The molecule has 112 valence electrons. The van der Waals surface area contributed by atoms with E-state index in [-0.39, 0.29) is 11.3 Å². The van der Waals surface area contributed by atoms with Crippen LogP contribution in [-0.2, 0) is 16.1 Å². The van der Waals surface area contributed by atoms with Crippen LogP contribution >= 0.6 is 0 Å². The summed E-state index contributed by atoms with van der Waals surface area (Å²) in [5.41, 5.74) is 0.133. The SMILES string of the molecule is COCCNC(=O)CC1(Cn2cccc2)CCCCC1. The molecular weight excluding hydrogens is 252 g/mol. The molecule has 0 saturated heterocycles. The van der Waals surface area contributed by atoms with Crippen LogP contribution in [0.2, 0.25) is 0 Å². The van der Waals surface area contributed by atoms with Crippen molar-refractivity contribution >= 4 is 5.91 Å². The first-order chi connectivity index (χ1) is 9.74. The minimum absolute atomic E-state index is 0.133. The van der Waals surface area contributed by atoms with Gasteiger partial charge < -0.3 is 14.6 Å². The first-order valence-electron chi connectivity index (χ1n) is 7.60. The Morgan fingerprint density at radius 1 is 1.25 bits per heavy atom. The average Bonchev–Trinajstić information content (AvgIpc) is 2.92. The standard InChI is InChI=1S/C16H26N2O2/c1-20-12-9-17-15(19)13-16(7-3-2-4-8-16)14-18-10-5-6-11-18/h5-6,10-11H,2-4,7-9,12-14H2,1H3,(H,17,19). The Bertz CT molecular complexity index is 395. The van der Waals surface area contributed by atoms with Gasteiger partial charge in [-0.1, -0.05) is 19.3 Å². The van der Waals surface area contributed by atoms with Crippen LogP contribution in [0.4, 0.5) is 0 Å². The Morgan fingerprint density at radius 2 is 1.95 bits per heavy atom. The van der Waals surface area contributed by atoms with Gasteiger partial charge in [-0.2, -0.15) is 0 Å². The number of carbonyl (C=O) groups excluding carboxylic acids is 1. The summed E-state index contributed by atoms with van der Waals surface area (Å²) >= 11 is 0. The monoisotopic (exact) mass is 278 g/mol. The van der Waals surface area contributed by atoms with Gasteiger partial charge in [-0.15, -0.1) is 0 Å². The van der Waals surface area contributed by atoms with Crippen LogP contribution in [-0.4, -0.2) is 30.7 Å². The molecular formula is C16H26N2O2. The van der Waals surface area contributed by atoms with Gasteiger partial charge in [0, 0.05) is 39.0 Å². The first-order valence-corrected chi connectivity index (χ1v) is 7.60. The molecule has 1 amide bonds. The van der Waals surface area contributed by atoms with Crippen molar-refractivity contribution in [3.05, 3.63) is 24.5 Å². The lowest BCUT2D eigenvalue weighted by molar-refractivity contribution is -0.124. The van der Waals surface area contributed by atoms with Gasteiger partial charge in [0.05, 0.1) is 6.61 Å². The maximum atomic E-state index is 12.1. The Morgan fingerprint density at radius 3 is 2.60 bits per heavy atom. The van der Waals surface area contributed by atoms with Gasteiger partial charge in [-0.25, -0.2) is 0 Å². The van der Waals surface area contributed by atoms with Crippen molar-refractivity contribution in [3.63, 3.8) is 0 Å². The molecule has 1 aliphatic rings. The fourth-order valence-corrected chi connectivity index (χ4v) is 3.25. The third-order valence-corrected chi connectivity index (χ3v) is 4.26. The predicted octanol–water partition coefficient (Wildman–Crippen LogP) is 2.59. The molecule has 1 aliphatic carbocycles.